The zero-order valence-electron chi connectivity index (χ0n) is 50.3. The highest BCUT2D eigenvalue weighted by Crippen LogP contribution is 2.18. The summed E-state index contributed by atoms with van der Waals surface area (Å²) in [7, 11) is 0. The summed E-state index contributed by atoms with van der Waals surface area (Å²) in [5.41, 5.74) is 0. The maximum absolute atomic E-state index is 12.3. The Balaban J connectivity index is 3.41. The van der Waals surface area contributed by atoms with Crippen molar-refractivity contribution < 1.29 is 24.2 Å². The van der Waals surface area contributed by atoms with Crippen LogP contribution in [0.3, 0.4) is 0 Å². The third-order valence-electron chi connectivity index (χ3n) is 14.4. The summed E-state index contributed by atoms with van der Waals surface area (Å²) >= 11 is 0. The van der Waals surface area contributed by atoms with Gasteiger partial charge in [-0.05, 0) is 89.9 Å². The highest BCUT2D eigenvalue weighted by molar-refractivity contribution is 5.70. The van der Waals surface area contributed by atoms with E-state index in [4.69, 9.17) is 9.47 Å². The van der Waals surface area contributed by atoms with E-state index in [0.29, 0.717) is 12.8 Å². The Morgan fingerprint density at radius 2 is 0.526 bits per heavy atom. The summed E-state index contributed by atoms with van der Waals surface area (Å²) in [6.07, 6.45) is 94.3. The second-order valence-corrected chi connectivity index (χ2v) is 21.8. The first kappa shape index (κ1) is 72.8. The summed E-state index contributed by atoms with van der Waals surface area (Å²) in [5, 5.41) is 9.68. The normalized spacial score (nSPS) is 12.8. The van der Waals surface area contributed by atoms with Crippen molar-refractivity contribution >= 4 is 11.9 Å². The number of aliphatic hydroxyl groups is 1. The molecule has 0 fully saturated rings. The lowest BCUT2D eigenvalue weighted by Crippen LogP contribution is -2.28. The Bertz CT molecular complexity index is 1430. The summed E-state index contributed by atoms with van der Waals surface area (Å²) in [5.74, 6) is -0.584. The predicted octanol–water partition coefficient (Wildman–Crippen LogP) is 22.6. The van der Waals surface area contributed by atoms with Gasteiger partial charge in [0, 0.05) is 12.8 Å². The quantitative estimate of drug-likeness (QED) is 0.0373. The van der Waals surface area contributed by atoms with Crippen LogP contribution in [0.4, 0.5) is 0 Å². The fraction of sp³-hybridized carbons (Fsp3) is 0.746. The average molecular weight is 1060 g/mol. The first-order chi connectivity index (χ1) is 37.6. The molecule has 0 saturated carbocycles. The van der Waals surface area contributed by atoms with Gasteiger partial charge in [-0.3, -0.25) is 9.59 Å². The van der Waals surface area contributed by atoms with Gasteiger partial charge in [0.05, 0.1) is 6.61 Å². The molecule has 1 N–H and O–H groups in total. The first-order valence-electron chi connectivity index (χ1n) is 32.8. The Morgan fingerprint density at radius 3 is 0.789 bits per heavy atom. The third-order valence-corrected chi connectivity index (χ3v) is 14.4. The number of hydrogen-bond donors (Lipinski definition) is 1. The number of unbranched alkanes of at least 4 members (excludes halogenated alkanes) is 36. The number of esters is 2. The molecule has 1 unspecified atom stereocenters. The molecule has 5 heteroatoms. The van der Waals surface area contributed by atoms with E-state index in [-0.39, 0.29) is 25.2 Å². The molecule has 0 rings (SSSR count). The fourth-order valence-electron chi connectivity index (χ4n) is 9.54. The smallest absolute Gasteiger partial charge is 0.306 e. The van der Waals surface area contributed by atoms with Crippen molar-refractivity contribution in [2.45, 2.75) is 328 Å². The molecule has 438 valence electrons. The monoisotopic (exact) mass is 1060 g/mol. The number of carbonyl (C=O) groups excluding carboxylic acids is 2. The second kappa shape index (κ2) is 66.1. The summed E-state index contributed by atoms with van der Waals surface area (Å²) in [4.78, 5) is 24.6. The highest BCUT2D eigenvalue weighted by atomic mass is 16.6. The summed E-state index contributed by atoms with van der Waals surface area (Å²) in [6.45, 7) is 3.94. The van der Waals surface area contributed by atoms with Gasteiger partial charge in [-0.2, -0.15) is 0 Å². The number of aliphatic hydroxyl groups excluding tert-OH is 1. The van der Waals surface area contributed by atoms with Gasteiger partial charge in [0.2, 0.25) is 0 Å². The SMILES string of the molecule is CC/C=C\C/C=C\C/C=C\C/C=C\CCCCCCCCCCCCCCCCCCCCCCCCCCCCC(=O)OC(CO)COC(=O)CCCCCCCCCCCC/C=C\C/C=C\C/C=C\C/C=C\CC. The van der Waals surface area contributed by atoms with E-state index in [1.54, 1.807) is 0 Å². The van der Waals surface area contributed by atoms with Crippen LogP contribution < -0.4 is 0 Å². The molecule has 0 aliphatic rings. The Hall–Kier alpha value is -3.18. The van der Waals surface area contributed by atoms with E-state index in [2.05, 4.69) is 111 Å². The van der Waals surface area contributed by atoms with E-state index in [0.717, 1.165) is 89.9 Å². The fourth-order valence-corrected chi connectivity index (χ4v) is 9.54. The highest BCUT2D eigenvalue weighted by Gasteiger charge is 2.16. The lowest BCUT2D eigenvalue weighted by molar-refractivity contribution is -0.161. The Kier molecular flexibility index (Phi) is 63.3. The van der Waals surface area contributed by atoms with Crippen LogP contribution in [-0.2, 0) is 19.1 Å². The largest absolute Gasteiger partial charge is 0.462 e. The maximum atomic E-state index is 12.3. The predicted molar refractivity (Wildman–Crippen MR) is 334 cm³/mol. The molecule has 76 heavy (non-hydrogen) atoms. The van der Waals surface area contributed by atoms with Gasteiger partial charge in [0.15, 0.2) is 6.10 Å². The van der Waals surface area contributed by atoms with Crippen LogP contribution in [0.5, 0.6) is 0 Å². The summed E-state index contributed by atoms with van der Waals surface area (Å²) in [6, 6.07) is 0. The van der Waals surface area contributed by atoms with Crippen molar-refractivity contribution in [3.05, 3.63) is 97.2 Å². The average Bonchev–Trinajstić information content (AvgIpc) is 3.42. The van der Waals surface area contributed by atoms with Gasteiger partial charge in [0.1, 0.15) is 6.61 Å². The Morgan fingerprint density at radius 1 is 0.303 bits per heavy atom. The molecule has 0 aromatic heterocycles. The van der Waals surface area contributed by atoms with Crippen LogP contribution in [-0.4, -0.2) is 36.4 Å². The van der Waals surface area contributed by atoms with Crippen LogP contribution in [0.25, 0.3) is 0 Å². The molecule has 0 aromatic rings. The number of ether oxygens (including phenoxy) is 2. The lowest BCUT2D eigenvalue weighted by Gasteiger charge is -2.15. The molecule has 0 aromatic carbocycles. The molecular formula is C71H124O5. The zero-order valence-corrected chi connectivity index (χ0v) is 50.3. The van der Waals surface area contributed by atoms with Gasteiger partial charge in [0.25, 0.3) is 0 Å². The van der Waals surface area contributed by atoms with Gasteiger partial charge in [-0.15, -0.1) is 0 Å². The van der Waals surface area contributed by atoms with Crippen molar-refractivity contribution in [3.63, 3.8) is 0 Å². The van der Waals surface area contributed by atoms with E-state index in [9.17, 15) is 14.7 Å². The minimum absolute atomic E-state index is 0.0680. The van der Waals surface area contributed by atoms with Crippen LogP contribution in [0.2, 0.25) is 0 Å². The topological polar surface area (TPSA) is 72.8 Å². The van der Waals surface area contributed by atoms with E-state index in [1.165, 1.54) is 205 Å². The minimum Gasteiger partial charge on any atom is -0.462 e. The molecular weight excluding hydrogens is 933 g/mol. The van der Waals surface area contributed by atoms with Crippen molar-refractivity contribution in [3.8, 4) is 0 Å². The number of hydrogen-bond acceptors (Lipinski definition) is 5. The van der Waals surface area contributed by atoms with Crippen molar-refractivity contribution in [2.75, 3.05) is 13.2 Å². The number of carbonyl (C=O) groups is 2. The van der Waals surface area contributed by atoms with Gasteiger partial charge < -0.3 is 14.6 Å². The van der Waals surface area contributed by atoms with Crippen LogP contribution in [0, 0.1) is 0 Å². The van der Waals surface area contributed by atoms with Crippen molar-refractivity contribution in [1.29, 1.82) is 0 Å². The lowest BCUT2D eigenvalue weighted by atomic mass is 10.0. The number of allylic oxidation sites excluding steroid dienone is 16. The van der Waals surface area contributed by atoms with E-state index >= 15 is 0 Å². The summed E-state index contributed by atoms with van der Waals surface area (Å²) < 4.78 is 10.7. The van der Waals surface area contributed by atoms with Gasteiger partial charge in [-0.1, -0.05) is 317 Å². The van der Waals surface area contributed by atoms with E-state index < -0.39 is 6.10 Å². The van der Waals surface area contributed by atoms with Crippen LogP contribution in [0.1, 0.15) is 322 Å². The molecule has 0 heterocycles. The van der Waals surface area contributed by atoms with E-state index in [1.807, 2.05) is 0 Å². The van der Waals surface area contributed by atoms with Gasteiger partial charge in [-0.25, -0.2) is 0 Å². The second-order valence-electron chi connectivity index (χ2n) is 21.8. The van der Waals surface area contributed by atoms with Gasteiger partial charge >= 0.3 is 11.9 Å². The third kappa shape index (κ3) is 63.4. The molecule has 0 aliphatic heterocycles. The molecule has 0 radical (unpaired) electrons. The Labute approximate surface area is 472 Å². The molecule has 0 spiro atoms. The molecule has 1 atom stereocenters. The van der Waals surface area contributed by atoms with Crippen molar-refractivity contribution in [1.82, 2.24) is 0 Å². The zero-order chi connectivity index (χ0) is 54.8. The van der Waals surface area contributed by atoms with Crippen LogP contribution in [0.15, 0.2) is 97.2 Å². The number of rotatable bonds is 60. The first-order valence-corrected chi connectivity index (χ1v) is 32.8. The maximum Gasteiger partial charge on any atom is 0.306 e. The molecule has 0 aliphatic carbocycles. The standard InChI is InChI=1S/C71H124O5/c1-3-5-7-9-11-13-15-17-19-21-23-25-27-28-29-30-31-32-33-34-35-36-37-38-39-40-41-42-44-46-48-50-52-54-56-58-60-62-64-66-71(74)76-69(67-72)68-75-70(73)65-63-61-59-57-55-53-51-49-47-45-43-26-24-22-20-18-16-14-12-10-8-6-4-2/h5-8,11-14,17-20,23-26,69,72H,3-4,9-10,15-16,21-22,27-68H2,1-2H3/b7-5-,8-6-,13-11-,14-12-,19-17-,20-18-,25-23-,26-24-. The molecule has 0 bridgehead atoms. The molecule has 5 nitrogen and oxygen atoms in total. The molecule has 0 saturated heterocycles. The van der Waals surface area contributed by atoms with Crippen molar-refractivity contribution in [2.24, 2.45) is 0 Å². The minimum atomic E-state index is -0.777. The molecule has 0 amide bonds. The van der Waals surface area contributed by atoms with Crippen LogP contribution >= 0.6 is 0 Å².